The highest BCUT2D eigenvalue weighted by Crippen LogP contribution is 2.16. The van der Waals surface area contributed by atoms with E-state index in [1.807, 2.05) is 12.1 Å². The van der Waals surface area contributed by atoms with E-state index in [9.17, 15) is 9.59 Å². The van der Waals surface area contributed by atoms with E-state index in [0.29, 0.717) is 34.4 Å². The minimum absolute atomic E-state index is 0.225. The largest absolute Gasteiger partial charge is 0.377 e. The van der Waals surface area contributed by atoms with Crippen LogP contribution in [0.2, 0.25) is 5.02 Å². The molecule has 0 aliphatic rings. The number of ether oxygens (including phenoxy) is 1. The van der Waals surface area contributed by atoms with Gasteiger partial charge in [0.2, 0.25) is 5.01 Å². The fraction of sp³-hybridized carbons (Fsp3) is 0.158. The average Bonchev–Trinajstić information content (AvgIpc) is 3.15. The van der Waals surface area contributed by atoms with Crippen LogP contribution in [-0.2, 0) is 17.9 Å². The molecule has 0 unspecified atom stereocenters. The Morgan fingerprint density at radius 3 is 2.71 bits per heavy atom. The summed E-state index contributed by atoms with van der Waals surface area (Å²) >= 11 is 7.10. The fourth-order valence-corrected chi connectivity index (χ4v) is 3.30. The molecule has 144 valence electrons. The van der Waals surface area contributed by atoms with Crippen LogP contribution in [-0.4, -0.2) is 29.1 Å². The maximum atomic E-state index is 12.4. The summed E-state index contributed by atoms with van der Waals surface area (Å²) in [7, 11) is 1.55. The normalized spacial score (nSPS) is 10.5. The zero-order valence-electron chi connectivity index (χ0n) is 14.9. The number of halogens is 1. The molecule has 9 heteroatoms. The van der Waals surface area contributed by atoms with Crippen LogP contribution in [0.15, 0.2) is 48.5 Å². The monoisotopic (exact) mass is 416 g/mol. The Balaban J connectivity index is 1.62. The van der Waals surface area contributed by atoms with Gasteiger partial charge in [-0.25, -0.2) is 0 Å². The molecule has 2 aromatic carbocycles. The molecule has 7 nitrogen and oxygen atoms in total. The van der Waals surface area contributed by atoms with Gasteiger partial charge in [-0.3, -0.25) is 9.59 Å². The predicted octanol–water partition coefficient (Wildman–Crippen LogP) is 3.52. The molecule has 2 N–H and O–H groups in total. The third-order valence-corrected chi connectivity index (χ3v) is 4.78. The van der Waals surface area contributed by atoms with E-state index >= 15 is 0 Å². The number of aromatic nitrogens is 2. The minimum atomic E-state index is -0.392. The summed E-state index contributed by atoms with van der Waals surface area (Å²) in [6, 6.07) is 13.9. The van der Waals surface area contributed by atoms with Gasteiger partial charge in [-0.05, 0) is 35.9 Å². The van der Waals surface area contributed by atoms with Gasteiger partial charge >= 0.3 is 0 Å². The lowest BCUT2D eigenvalue weighted by Crippen LogP contribution is -2.23. The summed E-state index contributed by atoms with van der Waals surface area (Å²) in [5, 5.41) is 14.7. The Labute approximate surface area is 170 Å². The maximum absolute atomic E-state index is 12.4. The summed E-state index contributed by atoms with van der Waals surface area (Å²) in [5.41, 5.74) is 1.81. The highest BCUT2D eigenvalue weighted by molar-refractivity contribution is 7.13. The van der Waals surface area contributed by atoms with Gasteiger partial charge in [0.15, 0.2) is 0 Å². The third kappa shape index (κ3) is 5.35. The van der Waals surface area contributed by atoms with Crippen LogP contribution in [0, 0.1) is 0 Å². The molecule has 1 aromatic heterocycles. The second-order valence-electron chi connectivity index (χ2n) is 5.78. The summed E-state index contributed by atoms with van der Waals surface area (Å²) in [5.74, 6) is -0.647. The first kappa shape index (κ1) is 19.9. The second kappa shape index (κ2) is 9.41. The number of hydrogen-bond acceptors (Lipinski definition) is 6. The molecule has 3 rings (SSSR count). The van der Waals surface area contributed by atoms with Crippen LogP contribution < -0.4 is 10.6 Å². The van der Waals surface area contributed by atoms with E-state index in [2.05, 4.69) is 20.8 Å². The van der Waals surface area contributed by atoms with Gasteiger partial charge in [-0.2, -0.15) is 0 Å². The van der Waals surface area contributed by atoms with Gasteiger partial charge in [-0.15, -0.1) is 10.2 Å². The van der Waals surface area contributed by atoms with Crippen molar-refractivity contribution < 1.29 is 14.3 Å². The van der Waals surface area contributed by atoms with Gasteiger partial charge < -0.3 is 15.4 Å². The molecule has 2 amide bonds. The Morgan fingerprint density at radius 2 is 1.93 bits per heavy atom. The van der Waals surface area contributed by atoms with Crippen LogP contribution in [0.25, 0.3) is 0 Å². The Morgan fingerprint density at radius 1 is 1.11 bits per heavy atom. The van der Waals surface area contributed by atoms with Crippen molar-refractivity contribution in [1.29, 1.82) is 0 Å². The summed E-state index contributed by atoms with van der Waals surface area (Å²) in [6.45, 7) is 0.649. The molecular weight excluding hydrogens is 400 g/mol. The highest BCUT2D eigenvalue weighted by Gasteiger charge is 2.14. The number of anilines is 1. The molecule has 0 spiro atoms. The Bertz CT molecular complexity index is 993. The van der Waals surface area contributed by atoms with Crippen LogP contribution >= 0.6 is 22.9 Å². The molecule has 0 aliphatic heterocycles. The molecule has 0 saturated heterocycles. The average molecular weight is 417 g/mol. The van der Waals surface area contributed by atoms with Crippen molar-refractivity contribution in [3.05, 3.63) is 74.7 Å². The predicted molar refractivity (Wildman–Crippen MR) is 108 cm³/mol. The topological polar surface area (TPSA) is 93.2 Å². The quantitative estimate of drug-likeness (QED) is 0.614. The fourth-order valence-electron chi connectivity index (χ4n) is 2.38. The number of carbonyl (C=O) groups is 2. The van der Waals surface area contributed by atoms with E-state index in [0.717, 1.165) is 16.9 Å². The first-order valence-electron chi connectivity index (χ1n) is 8.30. The number of nitrogens with one attached hydrogen (secondary N) is 2. The minimum Gasteiger partial charge on any atom is -0.377 e. The van der Waals surface area contributed by atoms with Crippen molar-refractivity contribution in [1.82, 2.24) is 15.5 Å². The zero-order chi connectivity index (χ0) is 19.9. The molecule has 0 aliphatic carbocycles. The van der Waals surface area contributed by atoms with E-state index in [-0.39, 0.29) is 10.9 Å². The summed E-state index contributed by atoms with van der Waals surface area (Å²) in [4.78, 5) is 24.7. The number of methoxy groups -OCH3 is 1. The van der Waals surface area contributed by atoms with Crippen LogP contribution in [0.5, 0.6) is 0 Å². The zero-order valence-corrected chi connectivity index (χ0v) is 16.5. The van der Waals surface area contributed by atoms with Crippen LogP contribution in [0.1, 0.15) is 30.7 Å². The van der Waals surface area contributed by atoms with Crippen molar-refractivity contribution in [3.8, 4) is 0 Å². The standard InChI is InChI=1S/C19H17ClN4O3S/c1-27-11-16-23-24-19(28-16)18(26)22-15-7-3-5-13(9-15)17(25)21-10-12-4-2-6-14(20)8-12/h2-9H,10-11H2,1H3,(H,21,25)(H,22,26). The number of nitrogens with zero attached hydrogens (tertiary/aromatic N) is 2. The second-order valence-corrected chi connectivity index (χ2v) is 7.28. The van der Waals surface area contributed by atoms with Gasteiger partial charge in [0, 0.05) is 29.9 Å². The molecule has 28 heavy (non-hydrogen) atoms. The maximum Gasteiger partial charge on any atom is 0.286 e. The summed E-state index contributed by atoms with van der Waals surface area (Å²) in [6.07, 6.45) is 0. The molecule has 0 bridgehead atoms. The number of carbonyl (C=O) groups excluding carboxylic acids is 2. The summed E-state index contributed by atoms with van der Waals surface area (Å²) < 4.78 is 4.97. The van der Waals surface area contributed by atoms with Gasteiger partial charge in [0.05, 0.1) is 6.61 Å². The SMILES string of the molecule is COCc1nnc(C(=O)Nc2cccc(C(=O)NCc3cccc(Cl)c3)c2)s1. The number of hydrogen-bond donors (Lipinski definition) is 2. The molecule has 0 atom stereocenters. The Kier molecular flexibility index (Phi) is 6.70. The first-order chi connectivity index (χ1) is 13.5. The highest BCUT2D eigenvalue weighted by atomic mass is 35.5. The van der Waals surface area contributed by atoms with Crippen molar-refractivity contribution >= 4 is 40.4 Å². The molecule has 0 radical (unpaired) electrons. The lowest BCUT2D eigenvalue weighted by molar-refractivity contribution is 0.0949. The van der Waals surface area contributed by atoms with E-state index in [1.54, 1.807) is 43.5 Å². The van der Waals surface area contributed by atoms with Crippen molar-refractivity contribution in [3.63, 3.8) is 0 Å². The van der Waals surface area contributed by atoms with E-state index < -0.39 is 5.91 Å². The lowest BCUT2D eigenvalue weighted by Gasteiger charge is -2.08. The van der Waals surface area contributed by atoms with Crippen LogP contribution in [0.4, 0.5) is 5.69 Å². The number of benzene rings is 2. The van der Waals surface area contributed by atoms with Crippen molar-refractivity contribution in [2.45, 2.75) is 13.2 Å². The number of rotatable bonds is 7. The molecular formula is C19H17ClN4O3S. The smallest absolute Gasteiger partial charge is 0.286 e. The Hall–Kier alpha value is -2.81. The molecule has 0 fully saturated rings. The van der Waals surface area contributed by atoms with Gasteiger partial charge in [-0.1, -0.05) is 41.1 Å². The molecule has 1 heterocycles. The number of amides is 2. The van der Waals surface area contributed by atoms with Gasteiger partial charge in [0.1, 0.15) is 5.01 Å². The van der Waals surface area contributed by atoms with Crippen molar-refractivity contribution in [2.75, 3.05) is 12.4 Å². The third-order valence-electron chi connectivity index (χ3n) is 3.65. The van der Waals surface area contributed by atoms with E-state index in [4.69, 9.17) is 16.3 Å². The van der Waals surface area contributed by atoms with Crippen molar-refractivity contribution in [2.24, 2.45) is 0 Å². The van der Waals surface area contributed by atoms with Crippen LogP contribution in [0.3, 0.4) is 0 Å². The molecule has 0 saturated carbocycles. The molecule has 3 aromatic rings. The van der Waals surface area contributed by atoms with Gasteiger partial charge in [0.25, 0.3) is 11.8 Å². The first-order valence-corrected chi connectivity index (χ1v) is 9.50. The van der Waals surface area contributed by atoms with E-state index in [1.165, 1.54) is 0 Å². The lowest BCUT2D eigenvalue weighted by atomic mass is 10.1.